The standard InChI is InChI=1S/C20H30F2O5.C18H15S/c1-11(2)20(14-6-12-5-13(8-14)9-15(20)7-12)27-16(23)18(3,25)10-26-17(24)19(4,21)22;1-4-10-16(11-5-1)19(17-12-6-2-7-13-17)18-14-8-3-9-15-18/h11-15,25H,5-10H2,1-4H3;1-15H/q;+1. The molecule has 4 bridgehead atoms. The van der Waals surface area contributed by atoms with Gasteiger partial charge in [0.15, 0.2) is 20.3 Å². The number of carbonyl (C=O) groups is 2. The summed E-state index contributed by atoms with van der Waals surface area (Å²) < 4.78 is 36.4. The van der Waals surface area contributed by atoms with E-state index < -0.39 is 35.7 Å². The Hall–Kier alpha value is -3.23. The zero-order chi connectivity index (χ0) is 33.1. The maximum absolute atomic E-state index is 13.0. The van der Waals surface area contributed by atoms with Crippen LogP contribution in [0.25, 0.3) is 0 Å². The number of ether oxygens (including phenoxy) is 2. The number of carbonyl (C=O) groups excluding carboxylic acids is 2. The predicted molar refractivity (Wildman–Crippen MR) is 174 cm³/mol. The van der Waals surface area contributed by atoms with Crippen molar-refractivity contribution in [2.75, 3.05) is 6.61 Å². The van der Waals surface area contributed by atoms with E-state index in [-0.39, 0.29) is 28.6 Å². The summed E-state index contributed by atoms with van der Waals surface area (Å²) in [5.74, 6) is -4.39. The molecule has 8 heteroatoms. The molecule has 3 aromatic rings. The molecule has 0 saturated heterocycles. The predicted octanol–water partition coefficient (Wildman–Crippen LogP) is 8.11. The molecule has 0 heterocycles. The van der Waals surface area contributed by atoms with E-state index in [0.29, 0.717) is 18.8 Å². The van der Waals surface area contributed by atoms with Crippen LogP contribution in [0.2, 0.25) is 0 Å². The number of benzene rings is 3. The van der Waals surface area contributed by atoms with Crippen LogP contribution in [0.1, 0.15) is 59.8 Å². The van der Waals surface area contributed by atoms with Gasteiger partial charge in [0, 0.05) is 6.92 Å². The first kappa shape index (κ1) is 34.1. The third-order valence-corrected chi connectivity index (χ3v) is 12.0. The largest absolute Gasteiger partial charge is 0.458 e. The molecule has 3 aromatic carbocycles. The summed E-state index contributed by atoms with van der Waals surface area (Å²) in [5.41, 5.74) is -2.81. The highest BCUT2D eigenvalue weighted by Gasteiger charge is 2.61. The number of halogens is 2. The van der Waals surface area contributed by atoms with Crippen LogP contribution < -0.4 is 0 Å². The minimum Gasteiger partial charge on any atom is -0.458 e. The van der Waals surface area contributed by atoms with Gasteiger partial charge in [-0.1, -0.05) is 68.4 Å². The van der Waals surface area contributed by atoms with Gasteiger partial charge in [-0.25, -0.2) is 9.59 Å². The summed E-state index contributed by atoms with van der Waals surface area (Å²) in [7, 11) is -0.0146. The Balaban J connectivity index is 0.000000192. The van der Waals surface area contributed by atoms with Crippen LogP contribution in [0, 0.1) is 29.6 Å². The highest BCUT2D eigenvalue weighted by molar-refractivity contribution is 7.97. The van der Waals surface area contributed by atoms with E-state index in [2.05, 4.69) is 95.7 Å². The lowest BCUT2D eigenvalue weighted by molar-refractivity contribution is -0.239. The van der Waals surface area contributed by atoms with Crippen LogP contribution in [-0.4, -0.2) is 40.8 Å². The highest BCUT2D eigenvalue weighted by Crippen LogP contribution is 2.62. The molecular weight excluding hydrogens is 606 g/mol. The van der Waals surface area contributed by atoms with E-state index in [1.165, 1.54) is 21.1 Å². The van der Waals surface area contributed by atoms with Gasteiger partial charge in [-0.3, -0.25) is 0 Å². The van der Waals surface area contributed by atoms with Gasteiger partial charge in [0.2, 0.25) is 0 Å². The van der Waals surface area contributed by atoms with Crippen molar-refractivity contribution in [1.82, 2.24) is 0 Å². The van der Waals surface area contributed by atoms with Gasteiger partial charge >= 0.3 is 17.9 Å². The van der Waals surface area contributed by atoms with Crippen LogP contribution in [0.15, 0.2) is 106 Å². The molecule has 0 radical (unpaired) electrons. The fraction of sp³-hybridized carbons (Fsp3) is 0.474. The first-order chi connectivity index (χ1) is 21.8. The van der Waals surface area contributed by atoms with Crippen LogP contribution in [-0.2, 0) is 30.0 Å². The zero-order valence-electron chi connectivity index (χ0n) is 27.0. The van der Waals surface area contributed by atoms with Crippen molar-refractivity contribution in [1.29, 1.82) is 0 Å². The fourth-order valence-corrected chi connectivity index (χ4v) is 9.99. The van der Waals surface area contributed by atoms with E-state index in [1.54, 1.807) is 0 Å². The molecule has 0 aromatic heterocycles. The van der Waals surface area contributed by atoms with Crippen molar-refractivity contribution >= 4 is 22.8 Å². The van der Waals surface area contributed by atoms with E-state index in [9.17, 15) is 23.5 Å². The van der Waals surface area contributed by atoms with Gasteiger partial charge in [-0.05, 0) is 105 Å². The number of hydrogen-bond donors (Lipinski definition) is 1. The molecule has 0 aliphatic heterocycles. The monoisotopic (exact) mass is 651 g/mol. The van der Waals surface area contributed by atoms with Crippen molar-refractivity contribution in [3.05, 3.63) is 91.0 Å². The number of esters is 2. The minimum atomic E-state index is -3.68. The van der Waals surface area contributed by atoms with Gasteiger partial charge in [-0.2, -0.15) is 8.78 Å². The molecule has 1 atom stereocenters. The summed E-state index contributed by atoms with van der Waals surface area (Å²) >= 11 is 0. The smallest absolute Gasteiger partial charge is 0.376 e. The molecule has 4 saturated carbocycles. The Kier molecular flexibility index (Phi) is 10.3. The number of alkyl halides is 2. The Morgan fingerprint density at radius 3 is 1.50 bits per heavy atom. The molecule has 4 aliphatic carbocycles. The summed E-state index contributed by atoms with van der Waals surface area (Å²) in [5, 5.41) is 10.5. The van der Waals surface area contributed by atoms with Gasteiger partial charge < -0.3 is 14.6 Å². The quantitative estimate of drug-likeness (QED) is 0.187. The molecule has 4 aliphatic rings. The summed E-state index contributed by atoms with van der Waals surface area (Å²) in [6, 6.07) is 32.2. The summed E-state index contributed by atoms with van der Waals surface area (Å²) in [6.45, 7) is 4.75. The number of aliphatic hydroxyl groups is 1. The fourth-order valence-electron chi connectivity index (χ4n) is 7.89. The molecule has 5 nitrogen and oxygen atoms in total. The summed E-state index contributed by atoms with van der Waals surface area (Å²) in [6.07, 6.45) is 5.36. The number of hydrogen-bond acceptors (Lipinski definition) is 5. The molecule has 0 spiro atoms. The molecule has 1 N–H and O–H groups in total. The van der Waals surface area contributed by atoms with Crippen molar-refractivity contribution < 1.29 is 33.0 Å². The topological polar surface area (TPSA) is 72.8 Å². The van der Waals surface area contributed by atoms with E-state index in [1.807, 2.05) is 13.8 Å². The van der Waals surface area contributed by atoms with Crippen molar-refractivity contribution in [3.8, 4) is 0 Å². The molecular formula is C38H45F2O5S+. The third kappa shape index (κ3) is 7.33. The first-order valence-electron chi connectivity index (χ1n) is 16.2. The van der Waals surface area contributed by atoms with Crippen LogP contribution in [0.5, 0.6) is 0 Å². The average Bonchev–Trinajstić information content (AvgIpc) is 3.02. The molecule has 46 heavy (non-hydrogen) atoms. The zero-order valence-corrected chi connectivity index (χ0v) is 27.9. The maximum Gasteiger partial charge on any atom is 0.376 e. The van der Waals surface area contributed by atoms with Crippen LogP contribution in [0.3, 0.4) is 0 Å². The summed E-state index contributed by atoms with van der Waals surface area (Å²) in [4.78, 5) is 28.1. The van der Waals surface area contributed by atoms with Gasteiger partial charge in [0.25, 0.3) is 0 Å². The normalized spacial score (nSPS) is 26.2. The van der Waals surface area contributed by atoms with E-state index in [0.717, 1.165) is 32.6 Å². The average molecular weight is 652 g/mol. The number of rotatable bonds is 9. The molecule has 1 unspecified atom stereocenters. The first-order valence-corrected chi connectivity index (χ1v) is 17.4. The highest BCUT2D eigenvalue weighted by atomic mass is 32.2. The molecule has 4 fully saturated rings. The second-order valence-electron chi connectivity index (χ2n) is 13.7. The Morgan fingerprint density at radius 1 is 0.761 bits per heavy atom. The Labute approximate surface area is 274 Å². The van der Waals surface area contributed by atoms with Gasteiger partial charge in [0.05, 0.1) is 10.9 Å². The van der Waals surface area contributed by atoms with Crippen LogP contribution in [0.4, 0.5) is 8.78 Å². The van der Waals surface area contributed by atoms with Gasteiger partial charge in [-0.15, -0.1) is 0 Å². The van der Waals surface area contributed by atoms with Crippen molar-refractivity contribution in [2.45, 2.75) is 91.6 Å². The second-order valence-corrected chi connectivity index (χ2v) is 15.7. The Bertz CT molecular complexity index is 1330. The van der Waals surface area contributed by atoms with E-state index >= 15 is 0 Å². The molecule has 246 valence electrons. The lowest BCUT2D eigenvalue weighted by Gasteiger charge is -2.62. The van der Waals surface area contributed by atoms with Crippen molar-refractivity contribution in [3.63, 3.8) is 0 Å². The van der Waals surface area contributed by atoms with E-state index in [4.69, 9.17) is 4.74 Å². The van der Waals surface area contributed by atoms with Crippen LogP contribution >= 0.6 is 0 Å². The van der Waals surface area contributed by atoms with Crippen molar-refractivity contribution in [2.24, 2.45) is 29.6 Å². The second kappa shape index (κ2) is 13.9. The minimum absolute atomic E-state index is 0.0146. The SMILES string of the molecule is CC(C)C1(OC(=O)C(C)(O)COC(=O)C(C)(F)F)C2CC3CC(C2)CC1C3.c1ccc([S+](c2ccccc2)c2ccccc2)cc1. The maximum atomic E-state index is 13.0. The lowest BCUT2D eigenvalue weighted by Crippen LogP contribution is -2.63. The Morgan fingerprint density at radius 2 is 1.15 bits per heavy atom. The molecule has 7 rings (SSSR count). The lowest BCUT2D eigenvalue weighted by atomic mass is 9.47. The molecule has 0 amide bonds. The third-order valence-electron chi connectivity index (χ3n) is 9.81. The van der Waals surface area contributed by atoms with Gasteiger partial charge in [0.1, 0.15) is 12.2 Å².